The number of hydrogen-bond acceptors (Lipinski definition) is 5. The lowest BCUT2D eigenvalue weighted by Crippen LogP contribution is -2.22. The molecule has 0 spiro atoms. The number of methoxy groups -OCH3 is 1. The van der Waals surface area contributed by atoms with Crippen LogP contribution in [0.3, 0.4) is 0 Å². The Kier molecular flexibility index (Phi) is 7.29. The number of nitrogens with zero attached hydrogens (tertiary/aromatic N) is 1. The highest BCUT2D eigenvalue weighted by molar-refractivity contribution is 5.79. The minimum atomic E-state index is -1.04. The Balaban J connectivity index is 1.78. The highest BCUT2D eigenvalue weighted by Crippen LogP contribution is 2.31. The summed E-state index contributed by atoms with van der Waals surface area (Å²) in [7, 11) is 1.59. The molecule has 31 heavy (non-hydrogen) atoms. The van der Waals surface area contributed by atoms with E-state index in [4.69, 9.17) is 14.2 Å². The van der Waals surface area contributed by atoms with Crippen molar-refractivity contribution in [3.63, 3.8) is 0 Å². The third kappa shape index (κ3) is 5.64. The van der Waals surface area contributed by atoms with Gasteiger partial charge in [-0.15, -0.1) is 0 Å². The first-order chi connectivity index (χ1) is 15.0. The van der Waals surface area contributed by atoms with E-state index in [1.54, 1.807) is 31.4 Å². The van der Waals surface area contributed by atoms with Gasteiger partial charge in [-0.25, -0.2) is 0 Å². The topological polar surface area (TPSA) is 68.5 Å². The molecule has 0 aliphatic heterocycles. The lowest BCUT2D eigenvalue weighted by molar-refractivity contribution is -0.150. The molecule has 158 valence electrons. The van der Waals surface area contributed by atoms with Gasteiger partial charge < -0.3 is 14.2 Å². The number of nitriles is 1. The summed E-state index contributed by atoms with van der Waals surface area (Å²) in [4.78, 5) is 13.0. The quantitative estimate of drug-likeness (QED) is 0.420. The average Bonchev–Trinajstić information content (AvgIpc) is 2.78. The van der Waals surface area contributed by atoms with Crippen molar-refractivity contribution in [3.05, 3.63) is 90.0 Å². The number of carbonyl (C=O) groups is 1. The summed E-state index contributed by atoms with van der Waals surface area (Å²) in [6.45, 7) is 3.90. The van der Waals surface area contributed by atoms with E-state index in [1.807, 2.05) is 68.4 Å². The molecule has 5 heteroatoms. The predicted molar refractivity (Wildman–Crippen MR) is 118 cm³/mol. The molecule has 0 amide bonds. The largest absolute Gasteiger partial charge is 0.497 e. The average molecular weight is 415 g/mol. The Morgan fingerprint density at radius 2 is 1.52 bits per heavy atom. The molecule has 0 aromatic heterocycles. The van der Waals surface area contributed by atoms with Crippen LogP contribution in [0.1, 0.15) is 37.0 Å². The van der Waals surface area contributed by atoms with Crippen molar-refractivity contribution in [1.82, 2.24) is 0 Å². The Morgan fingerprint density at radius 1 is 0.839 bits per heavy atom. The van der Waals surface area contributed by atoms with Crippen molar-refractivity contribution in [3.8, 4) is 23.3 Å². The molecular weight excluding hydrogens is 390 g/mol. The zero-order valence-electron chi connectivity index (χ0n) is 17.8. The van der Waals surface area contributed by atoms with Crippen molar-refractivity contribution in [2.45, 2.75) is 25.9 Å². The van der Waals surface area contributed by atoms with Gasteiger partial charge in [-0.1, -0.05) is 56.3 Å². The van der Waals surface area contributed by atoms with Gasteiger partial charge in [0, 0.05) is 5.56 Å². The Bertz CT molecular complexity index is 1040. The van der Waals surface area contributed by atoms with Crippen molar-refractivity contribution in [2.75, 3.05) is 7.11 Å². The maximum Gasteiger partial charge on any atom is 0.315 e. The van der Waals surface area contributed by atoms with Crippen molar-refractivity contribution in [1.29, 1.82) is 5.26 Å². The van der Waals surface area contributed by atoms with Gasteiger partial charge in [0.25, 0.3) is 0 Å². The molecule has 0 N–H and O–H groups in total. The van der Waals surface area contributed by atoms with Gasteiger partial charge in [0.15, 0.2) is 0 Å². The van der Waals surface area contributed by atoms with Crippen LogP contribution >= 0.6 is 0 Å². The molecule has 1 unspecified atom stereocenters. The normalized spacial score (nSPS) is 12.5. The Morgan fingerprint density at radius 3 is 2.13 bits per heavy atom. The molecule has 2 atom stereocenters. The van der Waals surface area contributed by atoms with Crippen LogP contribution in [0.15, 0.2) is 78.9 Å². The molecule has 0 heterocycles. The molecule has 0 saturated heterocycles. The molecule has 0 aliphatic rings. The number of rotatable bonds is 8. The van der Waals surface area contributed by atoms with Crippen LogP contribution in [0.5, 0.6) is 17.2 Å². The van der Waals surface area contributed by atoms with E-state index >= 15 is 0 Å². The van der Waals surface area contributed by atoms with Crippen LogP contribution in [-0.4, -0.2) is 13.1 Å². The van der Waals surface area contributed by atoms with Crippen molar-refractivity contribution in [2.24, 2.45) is 5.92 Å². The minimum Gasteiger partial charge on any atom is -0.497 e. The molecule has 0 radical (unpaired) electrons. The van der Waals surface area contributed by atoms with E-state index in [0.29, 0.717) is 22.8 Å². The number of esters is 1. The highest BCUT2D eigenvalue weighted by atomic mass is 16.5. The standard InChI is InChI=1S/C26H25NO4/c1-18(2)25(19-12-14-21(29-3)15-13-19)26(28)31-24(17-27)20-8-7-11-23(16-20)30-22-9-5-4-6-10-22/h4-16,18,24-25H,1-3H3/t24?,25-/m0/s1. The first-order valence-electron chi connectivity index (χ1n) is 10.1. The van der Waals surface area contributed by atoms with Crippen LogP contribution in [0.4, 0.5) is 0 Å². The smallest absolute Gasteiger partial charge is 0.315 e. The van der Waals surface area contributed by atoms with Crippen LogP contribution in [0.25, 0.3) is 0 Å². The molecule has 3 aromatic rings. The van der Waals surface area contributed by atoms with Crippen molar-refractivity contribution >= 4 is 5.97 Å². The lowest BCUT2D eigenvalue weighted by atomic mass is 9.88. The summed E-state index contributed by atoms with van der Waals surface area (Å²) in [5.41, 5.74) is 1.38. The number of para-hydroxylation sites is 1. The lowest BCUT2D eigenvalue weighted by Gasteiger charge is -2.22. The number of benzene rings is 3. The van der Waals surface area contributed by atoms with Gasteiger partial charge in [-0.2, -0.15) is 5.26 Å². The second-order valence-corrected chi connectivity index (χ2v) is 7.43. The molecule has 0 fully saturated rings. The first-order valence-corrected chi connectivity index (χ1v) is 10.1. The fourth-order valence-electron chi connectivity index (χ4n) is 3.33. The second-order valence-electron chi connectivity index (χ2n) is 7.43. The molecule has 0 aliphatic carbocycles. The van der Waals surface area contributed by atoms with Crippen LogP contribution in [0, 0.1) is 17.2 Å². The van der Waals surface area contributed by atoms with Gasteiger partial charge >= 0.3 is 5.97 Å². The number of hydrogen-bond donors (Lipinski definition) is 0. The SMILES string of the molecule is COc1ccc([C@@H](C(=O)OC(C#N)c2cccc(Oc3ccccc3)c2)C(C)C)cc1. The summed E-state index contributed by atoms with van der Waals surface area (Å²) in [6, 6.07) is 25.8. The summed E-state index contributed by atoms with van der Waals surface area (Å²) in [6.07, 6.45) is -1.04. The van der Waals surface area contributed by atoms with Crippen LogP contribution < -0.4 is 9.47 Å². The Labute approximate surface area is 182 Å². The number of ether oxygens (including phenoxy) is 3. The zero-order valence-corrected chi connectivity index (χ0v) is 17.8. The van der Waals surface area contributed by atoms with E-state index in [0.717, 1.165) is 5.56 Å². The van der Waals surface area contributed by atoms with Crippen molar-refractivity contribution < 1.29 is 19.0 Å². The third-order valence-electron chi connectivity index (χ3n) is 4.89. The molecule has 3 aromatic carbocycles. The first kappa shape index (κ1) is 21.9. The second kappa shape index (κ2) is 10.3. The van der Waals surface area contributed by atoms with E-state index in [-0.39, 0.29) is 5.92 Å². The minimum absolute atomic E-state index is 0.00649. The molecule has 5 nitrogen and oxygen atoms in total. The molecule has 3 rings (SSSR count). The fraction of sp³-hybridized carbons (Fsp3) is 0.231. The highest BCUT2D eigenvalue weighted by Gasteiger charge is 2.29. The molecular formula is C26H25NO4. The third-order valence-corrected chi connectivity index (χ3v) is 4.89. The monoisotopic (exact) mass is 415 g/mol. The van der Waals surface area contributed by atoms with Gasteiger partial charge in [-0.3, -0.25) is 4.79 Å². The van der Waals surface area contributed by atoms with Gasteiger partial charge in [0.2, 0.25) is 6.10 Å². The molecule has 0 saturated carbocycles. The van der Waals surface area contributed by atoms with E-state index in [9.17, 15) is 10.1 Å². The molecule has 0 bridgehead atoms. The maximum absolute atomic E-state index is 13.0. The fourth-order valence-corrected chi connectivity index (χ4v) is 3.33. The van der Waals surface area contributed by atoms with E-state index in [2.05, 4.69) is 6.07 Å². The van der Waals surface area contributed by atoms with Crippen LogP contribution in [-0.2, 0) is 9.53 Å². The van der Waals surface area contributed by atoms with E-state index in [1.165, 1.54) is 0 Å². The Hall–Kier alpha value is -3.78. The predicted octanol–water partition coefficient (Wildman–Crippen LogP) is 6.04. The van der Waals surface area contributed by atoms with Crippen LogP contribution in [0.2, 0.25) is 0 Å². The van der Waals surface area contributed by atoms with Gasteiger partial charge in [-0.05, 0) is 47.9 Å². The van der Waals surface area contributed by atoms with E-state index < -0.39 is 18.0 Å². The summed E-state index contributed by atoms with van der Waals surface area (Å²) in [5, 5.41) is 9.68. The zero-order chi connectivity index (χ0) is 22.2. The summed E-state index contributed by atoms with van der Waals surface area (Å²) >= 11 is 0. The summed E-state index contributed by atoms with van der Waals surface area (Å²) in [5.74, 6) is 1.02. The maximum atomic E-state index is 13.0. The summed E-state index contributed by atoms with van der Waals surface area (Å²) < 4.78 is 16.7. The van der Waals surface area contributed by atoms with Gasteiger partial charge in [0.1, 0.15) is 23.3 Å². The number of carbonyl (C=O) groups excluding carboxylic acids is 1. The van der Waals surface area contributed by atoms with Gasteiger partial charge in [0.05, 0.1) is 13.0 Å².